The molecule has 1 aliphatic rings. The number of hydrogen-bond acceptors (Lipinski definition) is 3. The first-order valence-electron chi connectivity index (χ1n) is 7.74. The van der Waals surface area contributed by atoms with Gasteiger partial charge in [0.15, 0.2) is 0 Å². The molecular formula is C18H15F3N2O2. The number of alkyl halides is 3. The second-order valence-electron chi connectivity index (χ2n) is 5.75. The van der Waals surface area contributed by atoms with E-state index in [4.69, 9.17) is 4.74 Å². The number of rotatable bonds is 4. The Morgan fingerprint density at radius 2 is 2.04 bits per heavy atom. The van der Waals surface area contributed by atoms with Gasteiger partial charge in [-0.1, -0.05) is 17.9 Å². The van der Waals surface area contributed by atoms with Crippen LogP contribution in [-0.4, -0.2) is 16.1 Å². The number of aromatic amines is 1. The van der Waals surface area contributed by atoms with Gasteiger partial charge < -0.3 is 9.72 Å². The standard InChI is InChI=1S/C18H15F3N2O2/c19-18(20,21)17(9-8-13-6-7-13,15-5-3-11-23-16(15)24)25-12-14-4-1-2-10-22-14/h1-5,10-11,13H,6-7,12H2,(H,23,24). The van der Waals surface area contributed by atoms with Gasteiger partial charge in [-0.15, -0.1) is 0 Å². The molecule has 2 aromatic heterocycles. The van der Waals surface area contributed by atoms with Crippen LogP contribution in [0.15, 0.2) is 47.5 Å². The number of H-pyrrole nitrogens is 1. The number of pyridine rings is 2. The molecule has 1 saturated carbocycles. The van der Waals surface area contributed by atoms with Crippen LogP contribution in [0.5, 0.6) is 0 Å². The van der Waals surface area contributed by atoms with Crippen molar-refractivity contribution in [3.63, 3.8) is 0 Å². The first-order chi connectivity index (χ1) is 11.9. The lowest BCUT2D eigenvalue weighted by Gasteiger charge is -2.30. The third-order valence-corrected chi connectivity index (χ3v) is 3.79. The average Bonchev–Trinajstić information content (AvgIpc) is 3.40. The molecule has 1 unspecified atom stereocenters. The Morgan fingerprint density at radius 3 is 2.64 bits per heavy atom. The summed E-state index contributed by atoms with van der Waals surface area (Å²) in [5.74, 6) is 4.73. The van der Waals surface area contributed by atoms with Crippen molar-refractivity contribution in [2.75, 3.05) is 0 Å². The topological polar surface area (TPSA) is 55.0 Å². The molecule has 2 heterocycles. The number of aromatic nitrogens is 2. The Bertz CT molecular complexity index is 848. The Hall–Kier alpha value is -2.59. The Balaban J connectivity index is 2.06. The van der Waals surface area contributed by atoms with Gasteiger partial charge in [0.05, 0.1) is 17.9 Å². The van der Waals surface area contributed by atoms with Gasteiger partial charge in [-0.3, -0.25) is 9.78 Å². The number of nitrogens with one attached hydrogen (secondary N) is 1. The summed E-state index contributed by atoms with van der Waals surface area (Å²) >= 11 is 0. The number of ether oxygens (including phenoxy) is 1. The van der Waals surface area contributed by atoms with Gasteiger partial charge in [-0.05, 0) is 37.1 Å². The van der Waals surface area contributed by atoms with Gasteiger partial charge in [0.25, 0.3) is 11.2 Å². The number of hydrogen-bond donors (Lipinski definition) is 1. The van der Waals surface area contributed by atoms with E-state index in [1.807, 2.05) is 0 Å². The molecule has 0 amide bonds. The molecule has 3 rings (SSSR count). The molecule has 1 aliphatic carbocycles. The van der Waals surface area contributed by atoms with E-state index in [9.17, 15) is 18.0 Å². The second kappa shape index (κ2) is 6.73. The summed E-state index contributed by atoms with van der Waals surface area (Å²) in [4.78, 5) is 18.3. The van der Waals surface area contributed by atoms with Crippen LogP contribution in [0.25, 0.3) is 0 Å². The second-order valence-corrected chi connectivity index (χ2v) is 5.75. The smallest absolute Gasteiger partial charge is 0.344 e. The molecule has 0 aromatic carbocycles. The van der Waals surface area contributed by atoms with Crippen LogP contribution in [0.4, 0.5) is 13.2 Å². The molecule has 0 saturated heterocycles. The van der Waals surface area contributed by atoms with E-state index in [0.29, 0.717) is 5.69 Å². The summed E-state index contributed by atoms with van der Waals surface area (Å²) in [6.07, 6.45) is -0.657. The van der Waals surface area contributed by atoms with E-state index < -0.39 is 29.5 Å². The van der Waals surface area contributed by atoms with Crippen LogP contribution in [0, 0.1) is 17.8 Å². The molecular weight excluding hydrogens is 333 g/mol. The minimum absolute atomic E-state index is 0.0806. The minimum atomic E-state index is -4.89. The maximum absolute atomic E-state index is 14.0. The maximum atomic E-state index is 14.0. The summed E-state index contributed by atoms with van der Waals surface area (Å²) in [6.45, 7) is -0.423. The summed E-state index contributed by atoms with van der Waals surface area (Å²) in [5.41, 5.74) is -4.14. The van der Waals surface area contributed by atoms with Crippen LogP contribution in [0.3, 0.4) is 0 Å². The Kier molecular flexibility index (Phi) is 4.64. The zero-order chi connectivity index (χ0) is 17.9. The highest BCUT2D eigenvalue weighted by atomic mass is 19.4. The summed E-state index contributed by atoms with van der Waals surface area (Å²) in [6, 6.07) is 7.25. The SMILES string of the molecule is O=c1[nH]cccc1C(C#CC1CC1)(OCc1ccccn1)C(F)(F)F. The van der Waals surface area contributed by atoms with Crippen molar-refractivity contribution in [2.45, 2.75) is 31.2 Å². The fourth-order valence-corrected chi connectivity index (χ4v) is 2.28. The van der Waals surface area contributed by atoms with Gasteiger partial charge >= 0.3 is 6.18 Å². The van der Waals surface area contributed by atoms with Gasteiger partial charge in [0.1, 0.15) is 0 Å². The van der Waals surface area contributed by atoms with Crippen LogP contribution in [0.1, 0.15) is 24.1 Å². The molecule has 1 fully saturated rings. The fourth-order valence-electron chi connectivity index (χ4n) is 2.28. The Morgan fingerprint density at radius 1 is 1.24 bits per heavy atom. The molecule has 4 nitrogen and oxygen atoms in total. The van der Waals surface area contributed by atoms with E-state index in [1.54, 1.807) is 18.2 Å². The van der Waals surface area contributed by atoms with E-state index in [1.165, 1.54) is 18.5 Å². The largest absolute Gasteiger partial charge is 0.433 e. The van der Waals surface area contributed by atoms with Gasteiger partial charge in [-0.25, -0.2) is 0 Å². The highest BCUT2D eigenvalue weighted by Gasteiger charge is 2.58. The van der Waals surface area contributed by atoms with E-state index in [2.05, 4.69) is 21.8 Å². The molecule has 1 atom stereocenters. The van der Waals surface area contributed by atoms with Crippen molar-refractivity contribution in [1.82, 2.24) is 9.97 Å². The van der Waals surface area contributed by atoms with E-state index in [-0.39, 0.29) is 5.92 Å². The van der Waals surface area contributed by atoms with E-state index in [0.717, 1.165) is 18.9 Å². The molecule has 2 aromatic rings. The van der Waals surface area contributed by atoms with Crippen LogP contribution < -0.4 is 5.56 Å². The first-order valence-corrected chi connectivity index (χ1v) is 7.74. The van der Waals surface area contributed by atoms with Crippen LogP contribution in [0.2, 0.25) is 0 Å². The third-order valence-electron chi connectivity index (χ3n) is 3.79. The summed E-state index contributed by atoms with van der Waals surface area (Å²) < 4.78 is 47.3. The van der Waals surface area contributed by atoms with E-state index >= 15 is 0 Å². The predicted molar refractivity (Wildman–Crippen MR) is 84.3 cm³/mol. The van der Waals surface area contributed by atoms with Crippen molar-refractivity contribution in [3.05, 3.63) is 64.3 Å². The number of halogens is 3. The fraction of sp³-hybridized carbons (Fsp3) is 0.333. The summed E-state index contributed by atoms with van der Waals surface area (Å²) in [5, 5.41) is 0. The number of nitrogens with zero attached hydrogens (tertiary/aromatic N) is 1. The van der Waals surface area contributed by atoms with Gasteiger partial charge in [-0.2, -0.15) is 13.2 Å². The van der Waals surface area contributed by atoms with Crippen LogP contribution >= 0.6 is 0 Å². The minimum Gasteiger partial charge on any atom is -0.344 e. The highest BCUT2D eigenvalue weighted by Crippen LogP contribution is 2.42. The molecule has 130 valence electrons. The van der Waals surface area contributed by atoms with Crippen molar-refractivity contribution in [1.29, 1.82) is 0 Å². The van der Waals surface area contributed by atoms with Crippen LogP contribution in [-0.2, 0) is 16.9 Å². The zero-order valence-electron chi connectivity index (χ0n) is 13.1. The average molecular weight is 348 g/mol. The quantitative estimate of drug-likeness (QED) is 0.864. The van der Waals surface area contributed by atoms with Gasteiger partial charge in [0.2, 0.25) is 0 Å². The lowest BCUT2D eigenvalue weighted by molar-refractivity contribution is -0.263. The van der Waals surface area contributed by atoms with Gasteiger partial charge in [0, 0.05) is 18.3 Å². The molecule has 0 radical (unpaired) electrons. The first kappa shape index (κ1) is 17.2. The lowest BCUT2D eigenvalue weighted by atomic mass is 9.94. The van der Waals surface area contributed by atoms with Crippen molar-refractivity contribution >= 4 is 0 Å². The zero-order valence-corrected chi connectivity index (χ0v) is 13.1. The highest BCUT2D eigenvalue weighted by molar-refractivity contribution is 5.34. The lowest BCUT2D eigenvalue weighted by Crippen LogP contribution is -2.47. The van der Waals surface area contributed by atoms with Crippen molar-refractivity contribution < 1.29 is 17.9 Å². The Labute approximate surface area is 142 Å². The maximum Gasteiger partial charge on any atom is 0.433 e. The molecule has 7 heteroatoms. The van der Waals surface area contributed by atoms with Crippen molar-refractivity contribution in [2.24, 2.45) is 5.92 Å². The summed E-state index contributed by atoms with van der Waals surface area (Å²) in [7, 11) is 0. The molecule has 0 aliphatic heterocycles. The molecule has 0 spiro atoms. The monoisotopic (exact) mass is 348 g/mol. The third kappa shape index (κ3) is 3.74. The van der Waals surface area contributed by atoms with Crippen molar-refractivity contribution in [3.8, 4) is 11.8 Å². The molecule has 1 N–H and O–H groups in total. The molecule has 25 heavy (non-hydrogen) atoms. The molecule has 0 bridgehead atoms. The predicted octanol–water partition coefficient (Wildman–Crippen LogP) is 3.16. The normalized spacial score (nSPS) is 16.6.